The largest absolute Gasteiger partial charge is 0.297 e. The first-order valence-corrected chi connectivity index (χ1v) is 12.5. The van der Waals surface area contributed by atoms with Gasteiger partial charge in [0.05, 0.1) is 18.5 Å². The summed E-state index contributed by atoms with van der Waals surface area (Å²) in [6, 6.07) is 1.08. The molecule has 0 saturated carbocycles. The van der Waals surface area contributed by atoms with Crippen molar-refractivity contribution in [3.8, 4) is 0 Å². The summed E-state index contributed by atoms with van der Waals surface area (Å²) in [7, 11) is 0. The molecule has 180 valence electrons. The zero-order chi connectivity index (χ0) is 22.8. The summed E-state index contributed by atoms with van der Waals surface area (Å²) in [6.07, 6.45) is 0.781. The van der Waals surface area contributed by atoms with E-state index >= 15 is 0 Å². The van der Waals surface area contributed by atoms with Crippen molar-refractivity contribution >= 4 is 17.9 Å². The van der Waals surface area contributed by atoms with Gasteiger partial charge in [0.15, 0.2) is 0 Å². The first-order valence-electron chi connectivity index (χ1n) is 12.5. The van der Waals surface area contributed by atoms with Crippen LogP contribution in [0.25, 0.3) is 0 Å². The topological polar surface area (TPSA) is 119 Å². The quantitative estimate of drug-likeness (QED) is 0.243. The molecule has 0 aromatic heterocycles. The van der Waals surface area contributed by atoms with Crippen LogP contribution in [0.15, 0.2) is 15.0 Å². The first kappa shape index (κ1) is 20.5. The van der Waals surface area contributed by atoms with Crippen molar-refractivity contribution in [2.24, 2.45) is 15.0 Å². The molecule has 4 fully saturated rings. The van der Waals surface area contributed by atoms with Crippen LogP contribution in [-0.4, -0.2) is 106 Å². The van der Waals surface area contributed by atoms with Crippen LogP contribution >= 0.6 is 0 Å². The fourth-order valence-corrected chi connectivity index (χ4v) is 6.87. The molecule has 12 nitrogen and oxygen atoms in total. The van der Waals surface area contributed by atoms with Crippen LogP contribution < -0.4 is 31.9 Å². The number of aliphatic imine (C=N–C) groups is 3. The van der Waals surface area contributed by atoms with Gasteiger partial charge in [0, 0.05) is 18.1 Å². The first-order chi connectivity index (χ1) is 15.8. The second kappa shape index (κ2) is 6.86. The number of hydrogen-bond donors (Lipinski definition) is 6. The minimum absolute atomic E-state index is 0.0607. The van der Waals surface area contributed by atoms with E-state index in [4.69, 9.17) is 15.0 Å². The van der Waals surface area contributed by atoms with Crippen LogP contribution in [-0.2, 0) is 0 Å². The molecule has 7 aliphatic rings. The monoisotopic (exact) mass is 456 g/mol. The third kappa shape index (κ3) is 2.70. The Balaban J connectivity index is 1.37. The molecule has 7 aliphatic heterocycles. The molecule has 0 aromatic carbocycles. The summed E-state index contributed by atoms with van der Waals surface area (Å²) in [5.41, 5.74) is 0. The normalized spacial score (nSPS) is 52.2. The Morgan fingerprint density at radius 1 is 0.455 bits per heavy atom. The Labute approximate surface area is 194 Å². The Bertz CT molecular complexity index is 811. The van der Waals surface area contributed by atoms with E-state index in [1.54, 1.807) is 0 Å². The van der Waals surface area contributed by atoms with Crippen LogP contribution in [0.1, 0.15) is 41.5 Å². The average Bonchev–Trinajstić information content (AvgIpc) is 3.39. The lowest BCUT2D eigenvalue weighted by Crippen LogP contribution is -2.76. The maximum atomic E-state index is 5.30. The van der Waals surface area contributed by atoms with Crippen molar-refractivity contribution < 1.29 is 0 Å². The van der Waals surface area contributed by atoms with Crippen LogP contribution in [0.2, 0.25) is 0 Å². The molecule has 6 N–H and O–H groups in total. The molecule has 12 atom stereocenters. The number of rotatable bonds is 0. The third-order valence-corrected chi connectivity index (χ3v) is 8.23. The van der Waals surface area contributed by atoms with Crippen molar-refractivity contribution in [1.82, 2.24) is 46.6 Å². The van der Waals surface area contributed by atoms with Gasteiger partial charge in [-0.25, -0.2) is 15.0 Å². The fourth-order valence-electron chi connectivity index (χ4n) is 6.87. The highest BCUT2D eigenvalue weighted by Crippen LogP contribution is 2.39. The second-order valence-electron chi connectivity index (χ2n) is 10.7. The summed E-state index contributed by atoms with van der Waals surface area (Å²) < 4.78 is 0. The smallest absolute Gasteiger partial charge is 0.213 e. The Morgan fingerprint density at radius 3 is 1.00 bits per heavy atom. The minimum atomic E-state index is 0.0607. The van der Waals surface area contributed by atoms with E-state index in [2.05, 4.69) is 88.1 Å². The van der Waals surface area contributed by atoms with Crippen molar-refractivity contribution in [3.05, 3.63) is 0 Å². The number of nitrogens with zero attached hydrogens (tertiary/aromatic N) is 6. The van der Waals surface area contributed by atoms with Gasteiger partial charge in [-0.1, -0.05) is 0 Å². The van der Waals surface area contributed by atoms with Gasteiger partial charge in [0.1, 0.15) is 36.6 Å². The average molecular weight is 457 g/mol. The molecule has 0 spiro atoms. The Kier molecular flexibility index (Phi) is 4.27. The fraction of sp³-hybridized carbons (Fsp3) is 0.857. The Hall–Kier alpha value is -1.83. The van der Waals surface area contributed by atoms with Gasteiger partial charge < -0.3 is 0 Å². The van der Waals surface area contributed by atoms with E-state index in [9.17, 15) is 0 Å². The molecule has 4 saturated heterocycles. The molecule has 12 unspecified atom stereocenters. The van der Waals surface area contributed by atoms with E-state index in [0.717, 1.165) is 17.9 Å². The van der Waals surface area contributed by atoms with Crippen molar-refractivity contribution in [1.29, 1.82) is 0 Å². The van der Waals surface area contributed by atoms with E-state index in [1.165, 1.54) is 0 Å². The third-order valence-electron chi connectivity index (χ3n) is 8.23. The molecule has 0 bridgehead atoms. The minimum Gasteiger partial charge on any atom is -0.297 e. The lowest BCUT2D eigenvalue weighted by atomic mass is 10.0. The molecule has 7 rings (SSSR count). The highest BCUT2D eigenvalue weighted by molar-refractivity contribution is 6.19. The molecule has 12 heteroatoms. The summed E-state index contributed by atoms with van der Waals surface area (Å²) in [6.45, 7) is 13.2. The highest BCUT2D eigenvalue weighted by Gasteiger charge is 2.61. The second-order valence-corrected chi connectivity index (χ2v) is 10.7. The standard InChI is InChI=1S/C21H36N12/c1-7-13-16(25-10(4)22-7)31-19(28-13)32-17-14(8(2)23-11(5)26-17)30-21(32)33-18-15(29-20(31)33)9(3)24-12(6)27-18/h7-18,22-27H,1-6H3. The van der Waals surface area contributed by atoms with Crippen molar-refractivity contribution in [3.63, 3.8) is 0 Å². The van der Waals surface area contributed by atoms with Crippen LogP contribution in [0.4, 0.5) is 0 Å². The highest BCUT2D eigenvalue weighted by atomic mass is 15.7. The predicted molar refractivity (Wildman–Crippen MR) is 126 cm³/mol. The lowest BCUT2D eigenvalue weighted by molar-refractivity contribution is 0.142. The van der Waals surface area contributed by atoms with Crippen LogP contribution in [0.3, 0.4) is 0 Å². The van der Waals surface area contributed by atoms with E-state index in [1.807, 2.05) is 0 Å². The molecule has 0 radical (unpaired) electrons. The summed E-state index contributed by atoms with van der Waals surface area (Å²) in [5.74, 6) is 2.88. The number of hydrogen-bond acceptors (Lipinski definition) is 12. The lowest BCUT2D eigenvalue weighted by Gasteiger charge is -2.49. The molecule has 0 amide bonds. The van der Waals surface area contributed by atoms with Crippen LogP contribution in [0.5, 0.6) is 0 Å². The van der Waals surface area contributed by atoms with Gasteiger partial charge in [0.25, 0.3) is 0 Å². The zero-order valence-corrected chi connectivity index (χ0v) is 20.1. The molecule has 0 aromatic rings. The maximum Gasteiger partial charge on any atom is 0.213 e. The molecule has 0 aliphatic carbocycles. The molecular formula is C21H36N12. The number of nitrogens with one attached hydrogen (secondary N) is 6. The van der Waals surface area contributed by atoms with E-state index < -0.39 is 0 Å². The van der Waals surface area contributed by atoms with Gasteiger partial charge in [0.2, 0.25) is 17.9 Å². The van der Waals surface area contributed by atoms with Gasteiger partial charge in [-0.2, -0.15) is 0 Å². The van der Waals surface area contributed by atoms with Gasteiger partial charge >= 0.3 is 0 Å². The molecular weight excluding hydrogens is 420 g/mol. The van der Waals surface area contributed by atoms with Crippen LogP contribution in [0, 0.1) is 0 Å². The van der Waals surface area contributed by atoms with Gasteiger partial charge in [-0.05, 0) is 41.5 Å². The Morgan fingerprint density at radius 2 is 0.727 bits per heavy atom. The predicted octanol–water partition coefficient (Wildman–Crippen LogP) is -2.12. The molecule has 7 heterocycles. The van der Waals surface area contributed by atoms with Crippen molar-refractivity contribution in [2.75, 3.05) is 0 Å². The van der Waals surface area contributed by atoms with Gasteiger partial charge in [-0.15, -0.1) is 0 Å². The van der Waals surface area contributed by atoms with E-state index in [0.29, 0.717) is 0 Å². The summed E-state index contributed by atoms with van der Waals surface area (Å²) in [5, 5.41) is 22.1. The summed E-state index contributed by atoms with van der Waals surface area (Å²) >= 11 is 0. The summed E-state index contributed by atoms with van der Waals surface area (Å²) in [4.78, 5) is 22.9. The maximum absolute atomic E-state index is 5.30. The number of guanidine groups is 3. The SMILES string of the molecule is CC1NC(C)C2N=C3N(C4=NC5C(C)NC(C)NC5N4C4=NC5C(C)NC(C)NC5N34)C2N1. The van der Waals surface area contributed by atoms with Crippen molar-refractivity contribution in [2.45, 2.75) is 115 Å². The number of fused-ring (bicyclic) bond motifs is 12. The van der Waals surface area contributed by atoms with Gasteiger partial charge in [-0.3, -0.25) is 46.6 Å². The molecule has 33 heavy (non-hydrogen) atoms. The van der Waals surface area contributed by atoms with E-state index in [-0.39, 0.29) is 73.2 Å². The zero-order valence-electron chi connectivity index (χ0n) is 20.1.